The molecule has 1 aliphatic rings. The minimum atomic E-state index is -0.400. The van der Waals surface area contributed by atoms with Crippen LogP contribution in [0.3, 0.4) is 0 Å². The van der Waals surface area contributed by atoms with E-state index in [1.165, 1.54) is 6.07 Å². The van der Waals surface area contributed by atoms with E-state index in [2.05, 4.69) is 0 Å². The van der Waals surface area contributed by atoms with E-state index in [0.717, 1.165) is 12.0 Å². The number of hydrogen-bond acceptors (Lipinski definition) is 1. The second kappa shape index (κ2) is 3.70. The Morgan fingerprint density at radius 2 is 2.21 bits per heavy atom. The van der Waals surface area contributed by atoms with Gasteiger partial charge < -0.3 is 0 Å². The summed E-state index contributed by atoms with van der Waals surface area (Å²) in [6.45, 7) is 0. The number of Topliss-reactive ketones (excluding diaryl/α,β-unsaturated/α-hetero) is 1. The van der Waals surface area contributed by atoms with Crippen LogP contribution in [0.2, 0.25) is 5.02 Å². The van der Waals surface area contributed by atoms with Crippen LogP contribution in [-0.2, 0) is 4.79 Å². The van der Waals surface area contributed by atoms with Crippen LogP contribution in [0.25, 0.3) is 0 Å². The smallest absolute Gasteiger partial charge is 0.142 e. The van der Waals surface area contributed by atoms with E-state index in [1.54, 1.807) is 12.1 Å². The summed E-state index contributed by atoms with van der Waals surface area (Å²) in [5.74, 6) is 0.0585. The van der Waals surface area contributed by atoms with Crippen LogP contribution in [0, 0.1) is 5.82 Å². The molecule has 0 aromatic heterocycles. The summed E-state index contributed by atoms with van der Waals surface area (Å²) in [6, 6.07) is 4.79. The monoisotopic (exact) mass is 212 g/mol. The maximum absolute atomic E-state index is 13.1. The quantitative estimate of drug-likeness (QED) is 0.698. The van der Waals surface area contributed by atoms with Gasteiger partial charge in [0.25, 0.3) is 0 Å². The van der Waals surface area contributed by atoms with Crippen molar-refractivity contribution >= 4 is 17.4 Å². The van der Waals surface area contributed by atoms with Crippen LogP contribution in [0.5, 0.6) is 0 Å². The molecule has 0 amide bonds. The number of rotatable bonds is 1. The highest BCUT2D eigenvalue weighted by Crippen LogP contribution is 2.33. The van der Waals surface area contributed by atoms with Crippen molar-refractivity contribution in [3.05, 3.63) is 34.6 Å². The third-order valence-electron chi connectivity index (χ3n) is 2.66. The summed E-state index contributed by atoms with van der Waals surface area (Å²) in [5, 5.41) is 0.137. The maximum Gasteiger partial charge on any atom is 0.142 e. The Hall–Kier alpha value is -0.890. The fourth-order valence-corrected chi connectivity index (χ4v) is 1.98. The Morgan fingerprint density at radius 1 is 1.43 bits per heavy atom. The predicted molar refractivity (Wildman–Crippen MR) is 53.0 cm³/mol. The van der Waals surface area contributed by atoms with E-state index in [1.807, 2.05) is 0 Å². The molecule has 3 heteroatoms. The largest absolute Gasteiger partial charge is 0.300 e. The molecular formula is C11H10ClFO. The average Bonchev–Trinajstić information content (AvgIpc) is 2.57. The average molecular weight is 213 g/mol. The summed E-state index contributed by atoms with van der Waals surface area (Å²) in [4.78, 5) is 11.1. The molecule has 1 aliphatic carbocycles. The first kappa shape index (κ1) is 9.66. The molecule has 1 atom stereocenters. The van der Waals surface area contributed by atoms with E-state index in [4.69, 9.17) is 11.6 Å². The van der Waals surface area contributed by atoms with Gasteiger partial charge in [0, 0.05) is 12.8 Å². The zero-order valence-electron chi connectivity index (χ0n) is 7.59. The fourth-order valence-electron chi connectivity index (χ4n) is 1.86. The number of carbonyl (C=O) groups excluding carboxylic acids is 1. The number of ketones is 1. The molecule has 0 radical (unpaired) electrons. The molecule has 14 heavy (non-hydrogen) atoms. The first-order chi connectivity index (χ1) is 6.66. The zero-order valence-corrected chi connectivity index (χ0v) is 8.35. The summed E-state index contributed by atoms with van der Waals surface area (Å²) < 4.78 is 13.1. The first-order valence-electron chi connectivity index (χ1n) is 4.63. The van der Waals surface area contributed by atoms with Crippen molar-refractivity contribution in [1.29, 1.82) is 0 Å². The number of hydrogen-bond donors (Lipinski definition) is 0. The lowest BCUT2D eigenvalue weighted by molar-refractivity contribution is -0.117. The van der Waals surface area contributed by atoms with E-state index in [-0.39, 0.29) is 16.7 Å². The molecule has 1 saturated carbocycles. The molecule has 1 nitrogen and oxygen atoms in total. The molecule has 1 aromatic rings. The van der Waals surface area contributed by atoms with Crippen LogP contribution in [0.1, 0.15) is 30.7 Å². The van der Waals surface area contributed by atoms with Crippen molar-refractivity contribution < 1.29 is 9.18 Å². The Kier molecular flexibility index (Phi) is 2.55. The van der Waals surface area contributed by atoms with Crippen LogP contribution >= 0.6 is 11.6 Å². The van der Waals surface area contributed by atoms with E-state index in [0.29, 0.717) is 12.8 Å². The molecule has 1 fully saturated rings. The lowest BCUT2D eigenvalue weighted by Gasteiger charge is -2.08. The Balaban J connectivity index is 2.24. The number of halogens is 2. The SMILES string of the molecule is O=C1CC[C@H](c2ccc(Cl)c(F)c2)C1. The maximum atomic E-state index is 13.1. The van der Waals surface area contributed by atoms with Gasteiger partial charge in [-0.2, -0.15) is 0 Å². The topological polar surface area (TPSA) is 17.1 Å². The van der Waals surface area contributed by atoms with E-state index < -0.39 is 5.82 Å². The Bertz CT molecular complexity index is 376. The van der Waals surface area contributed by atoms with Gasteiger partial charge in [-0.3, -0.25) is 4.79 Å². The second-order valence-corrected chi connectivity index (χ2v) is 4.06. The summed E-state index contributed by atoms with van der Waals surface area (Å²) in [6.07, 6.45) is 2.00. The normalized spacial score (nSPS) is 21.6. The van der Waals surface area contributed by atoms with Gasteiger partial charge in [-0.05, 0) is 30.0 Å². The lowest BCUT2D eigenvalue weighted by atomic mass is 9.98. The zero-order chi connectivity index (χ0) is 10.1. The minimum Gasteiger partial charge on any atom is -0.300 e. The molecule has 0 bridgehead atoms. The molecule has 1 aromatic carbocycles. The van der Waals surface area contributed by atoms with Crippen LogP contribution in [0.4, 0.5) is 4.39 Å². The van der Waals surface area contributed by atoms with E-state index in [9.17, 15) is 9.18 Å². The highest BCUT2D eigenvalue weighted by atomic mass is 35.5. The van der Waals surface area contributed by atoms with Gasteiger partial charge in [0.05, 0.1) is 5.02 Å². The van der Waals surface area contributed by atoms with Crippen molar-refractivity contribution in [2.45, 2.75) is 25.2 Å². The van der Waals surface area contributed by atoms with Gasteiger partial charge in [-0.1, -0.05) is 17.7 Å². The summed E-state index contributed by atoms with van der Waals surface area (Å²) in [7, 11) is 0. The number of benzene rings is 1. The van der Waals surface area contributed by atoms with E-state index >= 15 is 0 Å². The first-order valence-corrected chi connectivity index (χ1v) is 5.01. The molecular weight excluding hydrogens is 203 g/mol. The third-order valence-corrected chi connectivity index (χ3v) is 2.97. The van der Waals surface area contributed by atoms with Crippen molar-refractivity contribution in [2.24, 2.45) is 0 Å². The molecule has 0 heterocycles. The minimum absolute atomic E-state index is 0.137. The second-order valence-electron chi connectivity index (χ2n) is 3.65. The Morgan fingerprint density at radius 3 is 2.79 bits per heavy atom. The van der Waals surface area contributed by atoms with Gasteiger partial charge in [0.2, 0.25) is 0 Å². The van der Waals surface area contributed by atoms with Gasteiger partial charge in [0.15, 0.2) is 0 Å². The van der Waals surface area contributed by atoms with Crippen LogP contribution in [0.15, 0.2) is 18.2 Å². The highest BCUT2D eigenvalue weighted by molar-refractivity contribution is 6.30. The van der Waals surface area contributed by atoms with Gasteiger partial charge >= 0.3 is 0 Å². The summed E-state index contributed by atoms with van der Waals surface area (Å²) in [5.41, 5.74) is 0.887. The molecule has 0 spiro atoms. The standard InChI is InChI=1S/C11H10ClFO/c12-10-4-2-8(6-11(10)13)7-1-3-9(14)5-7/h2,4,6-7H,1,3,5H2/t7-/m0/s1. The van der Waals surface area contributed by atoms with Crippen LogP contribution in [-0.4, -0.2) is 5.78 Å². The molecule has 0 unspecified atom stereocenters. The lowest BCUT2D eigenvalue weighted by Crippen LogP contribution is -1.95. The number of carbonyl (C=O) groups is 1. The Labute approximate surface area is 86.9 Å². The van der Waals surface area contributed by atoms with Crippen molar-refractivity contribution in [3.63, 3.8) is 0 Å². The van der Waals surface area contributed by atoms with Gasteiger partial charge in [-0.15, -0.1) is 0 Å². The fraction of sp³-hybridized carbons (Fsp3) is 0.364. The molecule has 2 rings (SSSR count). The molecule has 0 saturated heterocycles. The van der Waals surface area contributed by atoms with Crippen molar-refractivity contribution in [2.75, 3.05) is 0 Å². The molecule has 0 aliphatic heterocycles. The summed E-state index contributed by atoms with van der Waals surface area (Å²) >= 11 is 5.57. The third kappa shape index (κ3) is 1.80. The highest BCUT2D eigenvalue weighted by Gasteiger charge is 2.23. The van der Waals surface area contributed by atoms with Gasteiger partial charge in [-0.25, -0.2) is 4.39 Å². The van der Waals surface area contributed by atoms with Crippen molar-refractivity contribution in [3.8, 4) is 0 Å². The predicted octanol–water partition coefficient (Wildman–Crippen LogP) is 3.32. The van der Waals surface area contributed by atoms with Crippen LogP contribution < -0.4 is 0 Å². The molecule has 74 valence electrons. The molecule has 0 N–H and O–H groups in total. The van der Waals surface area contributed by atoms with Gasteiger partial charge in [0.1, 0.15) is 11.6 Å². The van der Waals surface area contributed by atoms with Crippen molar-refractivity contribution in [1.82, 2.24) is 0 Å².